The minimum atomic E-state index is -0.766. The maximum absolute atomic E-state index is 11.8. The van der Waals surface area contributed by atoms with E-state index >= 15 is 0 Å². The molecule has 1 heterocycles. The van der Waals surface area contributed by atoms with E-state index < -0.39 is 5.54 Å². The average molecular weight is 247 g/mol. The van der Waals surface area contributed by atoms with Gasteiger partial charge in [0.1, 0.15) is 5.54 Å². The van der Waals surface area contributed by atoms with Crippen molar-refractivity contribution in [1.29, 1.82) is 0 Å². The normalized spacial score (nSPS) is 14.4. The van der Waals surface area contributed by atoms with E-state index in [-0.39, 0.29) is 5.97 Å². The molecule has 0 amide bonds. The first-order valence-corrected chi connectivity index (χ1v) is 5.78. The van der Waals surface area contributed by atoms with Crippen LogP contribution in [0, 0.1) is 0 Å². The van der Waals surface area contributed by atoms with Crippen LogP contribution in [0.3, 0.4) is 0 Å². The first-order valence-electron chi connectivity index (χ1n) is 5.78. The molecule has 1 N–H and O–H groups in total. The fourth-order valence-electron chi connectivity index (χ4n) is 1.95. The molecule has 0 saturated heterocycles. The van der Waals surface area contributed by atoms with E-state index in [1.165, 1.54) is 7.11 Å². The van der Waals surface area contributed by atoms with Crippen LogP contribution in [0.1, 0.15) is 6.92 Å². The number of methoxy groups -OCH3 is 1. The van der Waals surface area contributed by atoms with Gasteiger partial charge in [0.2, 0.25) is 0 Å². The van der Waals surface area contributed by atoms with Gasteiger partial charge in [-0.15, -0.1) is 0 Å². The zero-order valence-electron chi connectivity index (χ0n) is 10.8. The molecule has 0 aliphatic rings. The minimum Gasteiger partial charge on any atom is -0.468 e. The van der Waals surface area contributed by atoms with Crippen LogP contribution in [-0.2, 0) is 16.1 Å². The number of imidazole rings is 1. The number of fused-ring (bicyclic) bond motifs is 1. The van der Waals surface area contributed by atoms with Crippen molar-refractivity contribution in [3.05, 3.63) is 30.6 Å². The maximum Gasteiger partial charge on any atom is 0.327 e. The smallest absolute Gasteiger partial charge is 0.327 e. The highest BCUT2D eigenvalue weighted by Gasteiger charge is 2.33. The van der Waals surface area contributed by atoms with Crippen LogP contribution in [-0.4, -0.2) is 35.2 Å². The molecule has 0 saturated carbocycles. The quantitative estimate of drug-likeness (QED) is 0.824. The number of aromatic nitrogens is 2. The van der Waals surface area contributed by atoms with Gasteiger partial charge in [0, 0.05) is 0 Å². The predicted molar refractivity (Wildman–Crippen MR) is 69.2 cm³/mol. The molecule has 0 aliphatic heterocycles. The van der Waals surface area contributed by atoms with Gasteiger partial charge < -0.3 is 14.6 Å². The lowest BCUT2D eigenvalue weighted by Crippen LogP contribution is -2.51. The number of para-hydroxylation sites is 2. The fraction of sp³-hybridized carbons (Fsp3) is 0.385. The van der Waals surface area contributed by atoms with Crippen LogP contribution >= 0.6 is 0 Å². The molecule has 5 heteroatoms. The van der Waals surface area contributed by atoms with Gasteiger partial charge in [0.25, 0.3) is 0 Å². The number of carbonyl (C=O) groups is 1. The molecule has 96 valence electrons. The molecule has 0 bridgehead atoms. The van der Waals surface area contributed by atoms with Crippen LogP contribution in [0.25, 0.3) is 11.0 Å². The van der Waals surface area contributed by atoms with Crippen molar-refractivity contribution < 1.29 is 9.53 Å². The second-order valence-electron chi connectivity index (χ2n) is 4.43. The Labute approximate surface area is 106 Å². The van der Waals surface area contributed by atoms with Crippen LogP contribution < -0.4 is 5.32 Å². The highest BCUT2D eigenvalue weighted by atomic mass is 16.5. The van der Waals surface area contributed by atoms with Crippen LogP contribution in [0.5, 0.6) is 0 Å². The summed E-state index contributed by atoms with van der Waals surface area (Å²) >= 11 is 0. The van der Waals surface area contributed by atoms with Crippen LogP contribution in [0.15, 0.2) is 30.6 Å². The van der Waals surface area contributed by atoms with Crippen LogP contribution in [0.4, 0.5) is 0 Å². The number of ether oxygens (including phenoxy) is 1. The molecule has 0 aliphatic carbocycles. The van der Waals surface area contributed by atoms with E-state index in [2.05, 4.69) is 10.3 Å². The second kappa shape index (κ2) is 4.78. The molecule has 0 fully saturated rings. The Bertz CT molecular complexity index is 564. The van der Waals surface area contributed by atoms with Gasteiger partial charge in [0.05, 0.1) is 31.0 Å². The molecule has 2 aromatic rings. The van der Waals surface area contributed by atoms with E-state index in [0.717, 1.165) is 11.0 Å². The van der Waals surface area contributed by atoms with Crippen molar-refractivity contribution in [1.82, 2.24) is 14.9 Å². The van der Waals surface area contributed by atoms with Gasteiger partial charge in [-0.2, -0.15) is 0 Å². The Morgan fingerprint density at radius 3 is 2.89 bits per heavy atom. The third-order valence-corrected chi connectivity index (χ3v) is 3.20. The molecule has 1 aromatic heterocycles. The molecule has 1 aromatic carbocycles. The Balaban J connectivity index is 2.35. The standard InChI is InChI=1S/C13H17N3O2/c1-13(14-2,12(17)18-3)8-16-9-15-10-6-4-5-7-11(10)16/h4-7,9,14H,8H2,1-3H3. The number of nitrogens with one attached hydrogen (secondary N) is 1. The Hall–Kier alpha value is -1.88. The monoisotopic (exact) mass is 247 g/mol. The van der Waals surface area contributed by atoms with Gasteiger partial charge in [-0.25, -0.2) is 9.78 Å². The first-order chi connectivity index (χ1) is 8.60. The van der Waals surface area contributed by atoms with Crippen molar-refractivity contribution in [3.63, 3.8) is 0 Å². The summed E-state index contributed by atoms with van der Waals surface area (Å²) in [6.45, 7) is 2.28. The number of benzene rings is 1. The minimum absolute atomic E-state index is 0.289. The number of esters is 1. The Kier molecular flexibility index (Phi) is 3.34. The molecule has 5 nitrogen and oxygen atoms in total. The van der Waals surface area contributed by atoms with E-state index in [1.807, 2.05) is 35.8 Å². The summed E-state index contributed by atoms with van der Waals surface area (Å²) in [5, 5.41) is 3.01. The molecule has 2 rings (SSSR count). The zero-order valence-corrected chi connectivity index (χ0v) is 10.8. The van der Waals surface area contributed by atoms with Gasteiger partial charge in [-0.3, -0.25) is 0 Å². The van der Waals surface area contributed by atoms with Crippen molar-refractivity contribution in [2.45, 2.75) is 19.0 Å². The lowest BCUT2D eigenvalue weighted by molar-refractivity contribution is -0.148. The van der Waals surface area contributed by atoms with Crippen molar-refractivity contribution in [2.75, 3.05) is 14.2 Å². The predicted octanol–water partition coefficient (Wildman–Crippen LogP) is 1.19. The third kappa shape index (κ3) is 2.09. The van der Waals surface area contributed by atoms with Crippen molar-refractivity contribution in [3.8, 4) is 0 Å². The van der Waals surface area contributed by atoms with E-state index in [1.54, 1.807) is 13.4 Å². The van der Waals surface area contributed by atoms with Crippen molar-refractivity contribution in [2.24, 2.45) is 0 Å². The summed E-state index contributed by atoms with van der Waals surface area (Å²) in [4.78, 5) is 16.1. The summed E-state index contributed by atoms with van der Waals surface area (Å²) < 4.78 is 6.78. The lowest BCUT2D eigenvalue weighted by atomic mass is 10.0. The summed E-state index contributed by atoms with van der Waals surface area (Å²) in [5.41, 5.74) is 1.15. The van der Waals surface area contributed by atoms with Gasteiger partial charge in [-0.1, -0.05) is 12.1 Å². The average Bonchev–Trinajstić information content (AvgIpc) is 2.81. The SMILES string of the molecule is CNC(C)(Cn1cnc2ccccc21)C(=O)OC. The molecule has 1 atom stereocenters. The van der Waals surface area contributed by atoms with Gasteiger partial charge >= 0.3 is 5.97 Å². The summed E-state index contributed by atoms with van der Waals surface area (Å²) in [6, 6.07) is 7.82. The molecular formula is C13H17N3O2. The van der Waals surface area contributed by atoms with Crippen molar-refractivity contribution >= 4 is 17.0 Å². The number of carbonyl (C=O) groups excluding carboxylic acids is 1. The molecule has 0 spiro atoms. The topological polar surface area (TPSA) is 56.2 Å². The first kappa shape index (κ1) is 12.6. The Morgan fingerprint density at radius 1 is 1.50 bits per heavy atom. The number of hydrogen-bond acceptors (Lipinski definition) is 4. The van der Waals surface area contributed by atoms with E-state index in [4.69, 9.17) is 4.74 Å². The molecule has 0 radical (unpaired) electrons. The largest absolute Gasteiger partial charge is 0.468 e. The lowest BCUT2D eigenvalue weighted by Gasteiger charge is -2.26. The van der Waals surface area contributed by atoms with E-state index in [0.29, 0.717) is 6.54 Å². The summed E-state index contributed by atoms with van der Waals surface area (Å²) in [6.07, 6.45) is 1.74. The van der Waals surface area contributed by atoms with E-state index in [9.17, 15) is 4.79 Å². The zero-order chi connectivity index (χ0) is 13.2. The fourth-order valence-corrected chi connectivity index (χ4v) is 1.95. The molecule has 1 unspecified atom stereocenters. The Morgan fingerprint density at radius 2 is 2.22 bits per heavy atom. The molecule has 18 heavy (non-hydrogen) atoms. The maximum atomic E-state index is 11.8. The highest BCUT2D eigenvalue weighted by Crippen LogP contribution is 2.16. The van der Waals surface area contributed by atoms with Gasteiger partial charge in [0.15, 0.2) is 0 Å². The summed E-state index contributed by atoms with van der Waals surface area (Å²) in [5.74, 6) is -0.289. The third-order valence-electron chi connectivity index (χ3n) is 3.20. The van der Waals surface area contributed by atoms with Gasteiger partial charge in [-0.05, 0) is 26.1 Å². The second-order valence-corrected chi connectivity index (χ2v) is 4.43. The molecular weight excluding hydrogens is 230 g/mol. The number of nitrogens with zero attached hydrogens (tertiary/aromatic N) is 2. The summed E-state index contributed by atoms with van der Waals surface area (Å²) in [7, 11) is 3.14. The number of rotatable bonds is 4. The van der Waals surface area contributed by atoms with Crippen LogP contribution in [0.2, 0.25) is 0 Å². The number of likely N-dealkylation sites (N-methyl/N-ethyl adjacent to an activating group) is 1. The highest BCUT2D eigenvalue weighted by molar-refractivity contribution is 5.81. The number of hydrogen-bond donors (Lipinski definition) is 1.